The summed E-state index contributed by atoms with van der Waals surface area (Å²) in [7, 11) is -0.586. The molecule has 1 aromatic heterocycles. The first-order valence-electron chi connectivity index (χ1n) is 3.85. The molecule has 82 valence electrons. The molecular formula is C7H7BBrF2NO3. The monoisotopic (exact) mass is 281 g/mol. The third-order valence-electron chi connectivity index (χ3n) is 1.72. The van der Waals surface area contributed by atoms with Gasteiger partial charge in [0, 0.05) is 11.7 Å². The molecule has 1 heterocycles. The van der Waals surface area contributed by atoms with Gasteiger partial charge in [0.25, 0.3) is 6.43 Å². The first kappa shape index (κ1) is 12.3. The number of ether oxygens (including phenoxy) is 1. The fourth-order valence-electron chi connectivity index (χ4n) is 1.04. The number of hydrogen-bond donors (Lipinski definition) is 2. The van der Waals surface area contributed by atoms with Crippen LogP contribution in [0.5, 0.6) is 5.75 Å². The molecule has 0 saturated carbocycles. The van der Waals surface area contributed by atoms with Gasteiger partial charge in [0.2, 0.25) is 0 Å². The zero-order chi connectivity index (χ0) is 11.6. The van der Waals surface area contributed by atoms with Crippen LogP contribution in [0, 0.1) is 0 Å². The summed E-state index contributed by atoms with van der Waals surface area (Å²) < 4.78 is 29.5. The molecule has 0 saturated heterocycles. The lowest BCUT2D eigenvalue weighted by atomic mass is 9.80. The lowest BCUT2D eigenvalue weighted by Crippen LogP contribution is -2.32. The molecule has 0 bridgehead atoms. The number of methoxy groups -OCH3 is 1. The smallest absolute Gasteiger partial charge is 0.493 e. The molecule has 0 fully saturated rings. The van der Waals surface area contributed by atoms with Crippen molar-refractivity contribution in [1.82, 2.24) is 4.98 Å². The molecule has 1 aromatic rings. The summed E-state index contributed by atoms with van der Waals surface area (Å²) in [6, 6.07) is 0. The Labute approximate surface area is 93.2 Å². The highest BCUT2D eigenvalue weighted by Crippen LogP contribution is 2.31. The van der Waals surface area contributed by atoms with Crippen molar-refractivity contribution in [3.63, 3.8) is 0 Å². The van der Waals surface area contributed by atoms with Crippen molar-refractivity contribution in [2.75, 3.05) is 7.11 Å². The van der Waals surface area contributed by atoms with Crippen LogP contribution in [0.3, 0.4) is 0 Å². The van der Waals surface area contributed by atoms with Crippen molar-refractivity contribution in [3.8, 4) is 5.75 Å². The predicted molar refractivity (Wildman–Crippen MR) is 53.3 cm³/mol. The van der Waals surface area contributed by atoms with Gasteiger partial charge < -0.3 is 14.8 Å². The van der Waals surface area contributed by atoms with Crippen molar-refractivity contribution in [3.05, 3.63) is 16.4 Å². The van der Waals surface area contributed by atoms with Crippen LogP contribution in [0.25, 0.3) is 0 Å². The first-order valence-corrected chi connectivity index (χ1v) is 4.65. The van der Waals surface area contributed by atoms with Crippen molar-refractivity contribution in [1.29, 1.82) is 0 Å². The molecule has 8 heteroatoms. The Bertz CT molecular complexity index is 364. The summed E-state index contributed by atoms with van der Waals surface area (Å²) in [5.41, 5.74) is -0.579. The van der Waals surface area contributed by atoms with E-state index in [0.717, 1.165) is 6.20 Å². The van der Waals surface area contributed by atoms with Gasteiger partial charge in [0.05, 0.1) is 11.6 Å². The average Bonchev–Trinajstić information content (AvgIpc) is 2.16. The molecule has 4 nitrogen and oxygen atoms in total. The Balaban J connectivity index is 3.32. The maximum absolute atomic E-state index is 12.4. The Morgan fingerprint density at radius 2 is 2.13 bits per heavy atom. The average molecular weight is 282 g/mol. The van der Waals surface area contributed by atoms with Crippen LogP contribution in [-0.4, -0.2) is 29.3 Å². The van der Waals surface area contributed by atoms with Crippen LogP contribution in [0.4, 0.5) is 8.78 Å². The summed E-state index contributed by atoms with van der Waals surface area (Å²) in [4.78, 5) is 3.41. The number of pyridine rings is 1. The molecule has 0 aliphatic heterocycles. The largest absolute Gasteiger partial charge is 0.496 e. The van der Waals surface area contributed by atoms with E-state index in [1.807, 2.05) is 0 Å². The van der Waals surface area contributed by atoms with Crippen LogP contribution in [-0.2, 0) is 0 Å². The zero-order valence-electron chi connectivity index (χ0n) is 7.62. The van der Waals surface area contributed by atoms with E-state index in [4.69, 9.17) is 14.8 Å². The number of nitrogens with zero attached hydrogens (tertiary/aromatic N) is 1. The maximum Gasteiger partial charge on any atom is 0.493 e. The molecule has 0 spiro atoms. The summed E-state index contributed by atoms with van der Waals surface area (Å²) in [5, 5.41) is 17.8. The van der Waals surface area contributed by atoms with E-state index in [1.54, 1.807) is 0 Å². The predicted octanol–water partition coefficient (Wildman–Crippen LogP) is 0.470. The van der Waals surface area contributed by atoms with Gasteiger partial charge in [-0.15, -0.1) is 0 Å². The minimum absolute atomic E-state index is 0.0599. The van der Waals surface area contributed by atoms with Crippen molar-refractivity contribution in [2.24, 2.45) is 0 Å². The molecule has 0 radical (unpaired) electrons. The molecule has 0 atom stereocenters. The molecule has 0 unspecified atom stereocenters. The molecule has 1 rings (SSSR count). The van der Waals surface area contributed by atoms with Gasteiger partial charge in [0.1, 0.15) is 11.4 Å². The lowest BCUT2D eigenvalue weighted by molar-refractivity contribution is 0.144. The Morgan fingerprint density at radius 1 is 1.53 bits per heavy atom. The molecule has 0 amide bonds. The minimum Gasteiger partial charge on any atom is -0.496 e. The van der Waals surface area contributed by atoms with Crippen LogP contribution >= 0.6 is 15.9 Å². The van der Waals surface area contributed by atoms with Gasteiger partial charge in [-0.3, -0.25) is 4.98 Å². The van der Waals surface area contributed by atoms with Crippen LogP contribution in [0.1, 0.15) is 12.1 Å². The van der Waals surface area contributed by atoms with E-state index in [9.17, 15) is 8.78 Å². The third-order valence-corrected chi connectivity index (χ3v) is 2.48. The van der Waals surface area contributed by atoms with Gasteiger partial charge in [-0.05, 0) is 15.9 Å². The number of aromatic nitrogens is 1. The Kier molecular flexibility index (Phi) is 4.00. The fourth-order valence-corrected chi connectivity index (χ4v) is 1.71. The highest BCUT2D eigenvalue weighted by atomic mass is 79.9. The van der Waals surface area contributed by atoms with Gasteiger partial charge in [-0.2, -0.15) is 0 Å². The number of hydrogen-bond acceptors (Lipinski definition) is 4. The Morgan fingerprint density at radius 3 is 2.53 bits per heavy atom. The van der Waals surface area contributed by atoms with Crippen molar-refractivity contribution < 1.29 is 23.6 Å². The van der Waals surface area contributed by atoms with Crippen LogP contribution in [0.2, 0.25) is 0 Å². The third kappa shape index (κ3) is 2.44. The van der Waals surface area contributed by atoms with E-state index < -0.39 is 19.2 Å². The zero-order valence-corrected chi connectivity index (χ0v) is 9.20. The first-order chi connectivity index (χ1) is 6.99. The van der Waals surface area contributed by atoms with Crippen LogP contribution in [0.15, 0.2) is 10.7 Å². The molecule has 0 aliphatic carbocycles. The second-order valence-corrected chi connectivity index (χ2v) is 3.41. The van der Waals surface area contributed by atoms with E-state index in [1.165, 1.54) is 7.11 Å². The normalized spacial score (nSPS) is 10.6. The molecule has 0 aromatic carbocycles. The van der Waals surface area contributed by atoms with Gasteiger partial charge in [-0.1, -0.05) is 0 Å². The molecule has 15 heavy (non-hydrogen) atoms. The van der Waals surface area contributed by atoms with E-state index in [2.05, 4.69) is 20.9 Å². The van der Waals surface area contributed by atoms with E-state index in [0.29, 0.717) is 0 Å². The fraction of sp³-hybridized carbons (Fsp3) is 0.286. The molecule has 2 N–H and O–H groups in total. The topological polar surface area (TPSA) is 62.6 Å². The Hall–Kier alpha value is -0.725. The summed E-state index contributed by atoms with van der Waals surface area (Å²) in [5.74, 6) is -0.0599. The quantitative estimate of drug-likeness (QED) is 0.791. The number of alkyl halides is 2. The SMILES string of the molecule is COc1c(B(O)O)cnc(C(F)F)c1Br. The number of halogens is 3. The van der Waals surface area contributed by atoms with Gasteiger partial charge in [-0.25, -0.2) is 8.78 Å². The minimum atomic E-state index is -2.77. The highest BCUT2D eigenvalue weighted by Gasteiger charge is 2.25. The summed E-state index contributed by atoms with van der Waals surface area (Å²) in [6.07, 6.45) is -1.83. The lowest BCUT2D eigenvalue weighted by Gasteiger charge is -2.12. The van der Waals surface area contributed by atoms with Gasteiger partial charge >= 0.3 is 7.12 Å². The number of rotatable bonds is 3. The summed E-state index contributed by atoms with van der Waals surface area (Å²) in [6.45, 7) is 0. The second-order valence-electron chi connectivity index (χ2n) is 2.62. The van der Waals surface area contributed by atoms with Crippen molar-refractivity contribution in [2.45, 2.75) is 6.43 Å². The molecular weight excluding hydrogens is 275 g/mol. The molecule has 0 aliphatic rings. The van der Waals surface area contributed by atoms with E-state index in [-0.39, 0.29) is 15.7 Å². The van der Waals surface area contributed by atoms with Crippen LogP contribution < -0.4 is 10.2 Å². The van der Waals surface area contributed by atoms with E-state index >= 15 is 0 Å². The van der Waals surface area contributed by atoms with Gasteiger partial charge in [0.15, 0.2) is 0 Å². The summed E-state index contributed by atoms with van der Waals surface area (Å²) >= 11 is 2.87. The van der Waals surface area contributed by atoms with Crippen molar-refractivity contribution >= 4 is 28.5 Å². The maximum atomic E-state index is 12.4. The standard InChI is InChI=1S/C7H7BBrF2NO3/c1-15-6-3(8(13)14)2-12-5(4(6)9)7(10)11/h2,7,13-14H,1H3. The highest BCUT2D eigenvalue weighted by molar-refractivity contribution is 9.10. The second kappa shape index (κ2) is 4.87.